The van der Waals surface area contributed by atoms with Crippen molar-refractivity contribution < 1.29 is 53.9 Å². The number of hydrogen-bond donors (Lipinski definition) is 7. The molecule has 13 atom stereocenters. The Hall–Kier alpha value is -3.10. The van der Waals surface area contributed by atoms with Gasteiger partial charge in [0, 0.05) is 51.7 Å². The van der Waals surface area contributed by atoms with Gasteiger partial charge in [-0.05, 0) is 223 Å². The minimum absolute atomic E-state index is 0.0547. The highest BCUT2D eigenvalue weighted by Crippen LogP contribution is 2.64. The Morgan fingerprint density at radius 1 is 0.373 bits per heavy atom. The fraction of sp³-hybridized carbons (Fsp3) is 0.932. The van der Waals surface area contributed by atoms with Crippen molar-refractivity contribution in [2.24, 2.45) is 183 Å². The van der Waals surface area contributed by atoms with Crippen LogP contribution in [0.2, 0.25) is 0 Å². The number of aliphatic carboxylic acids is 2. The third kappa shape index (κ3) is 32.8. The van der Waals surface area contributed by atoms with Crippen LogP contribution in [0.3, 0.4) is 0 Å². The number of aliphatic hydroxyl groups excluding tert-OH is 2. The molecule has 0 aromatic carbocycles. The number of Topliss-reactive ketones (excluding diaryl/α,β-unsaturated/α-hetero) is 1. The predicted octanol–water partition coefficient (Wildman–Crippen LogP) is 19.6. The number of carbonyl (C=O) groups excluding carboxylic acids is 4. The molecule has 0 radical (unpaired) electrons. The molecule has 102 heavy (non-hydrogen) atoms. The van der Waals surface area contributed by atoms with Crippen molar-refractivity contribution in [3.8, 4) is 0 Å². The second kappa shape index (κ2) is 50.5. The minimum Gasteiger partial charge on any atom is -0.481 e. The Labute approximate surface area is 628 Å². The molecule has 0 saturated heterocycles. The molecule has 0 saturated carbocycles. The quantitative estimate of drug-likeness (QED) is 0.0223. The number of rotatable bonds is 59. The molecule has 0 aliphatic carbocycles. The molecule has 0 aliphatic heterocycles. The molecule has 0 fully saturated rings. The van der Waals surface area contributed by atoms with Gasteiger partial charge in [0.25, 0.3) is 6.47 Å². The number of carbonyl (C=O) groups is 6. The van der Waals surface area contributed by atoms with E-state index in [1.807, 2.05) is 0 Å². The fourth-order valence-electron chi connectivity index (χ4n) is 22.1. The lowest BCUT2D eigenvalue weighted by Gasteiger charge is -2.63. The average Bonchev–Trinajstić information content (AvgIpc) is 0.724. The number of amides is 2. The summed E-state index contributed by atoms with van der Waals surface area (Å²) in [6, 6.07) is 0. The number of hydrogen-bond acceptors (Lipinski definition) is 10. The molecule has 5 unspecified atom stereocenters. The van der Waals surface area contributed by atoms with E-state index in [9.17, 15) is 44.1 Å². The average molecular weight is 1450 g/mol. The van der Waals surface area contributed by atoms with Gasteiger partial charge in [0.2, 0.25) is 11.8 Å². The monoisotopic (exact) mass is 1440 g/mol. The highest BCUT2D eigenvalue weighted by Gasteiger charge is 2.60. The SMILES string of the molecule is CC[C@@H](C)[C@H](C(C)C)[C@@H](C(C(C(C(C)C)C(C)C)C(C(C)C)C(C)C)C(C(C(C(C)C)C(C)C)C(C(C)C)C(C)C)[C@@H](C(C(C)C)C(C)C)[C@H](C(C)C)[C@@H](C)CNCC(O)CO)[C@@H](C(C)C)[C@H](C)CNC(=O)CCCCCCC(=O)NCCCCC(CC(=O)CC(CCC(=O)O)C(=O)O)OC=O. The van der Waals surface area contributed by atoms with Crippen molar-refractivity contribution in [1.82, 2.24) is 16.0 Å². The second-order valence-corrected chi connectivity index (χ2v) is 37.4. The summed E-state index contributed by atoms with van der Waals surface area (Å²) in [6.07, 6.45) is 3.91. The van der Waals surface area contributed by atoms with Gasteiger partial charge in [-0.2, -0.15) is 0 Å². The summed E-state index contributed by atoms with van der Waals surface area (Å²) in [5.41, 5.74) is 0. The number of ketones is 1. The van der Waals surface area contributed by atoms with Crippen molar-refractivity contribution in [3.05, 3.63) is 0 Å². The lowest BCUT2D eigenvalue weighted by molar-refractivity contribution is -0.157. The van der Waals surface area contributed by atoms with Crippen LogP contribution in [-0.4, -0.2) is 101 Å². The highest BCUT2D eigenvalue weighted by atomic mass is 16.5. The third-order valence-corrected chi connectivity index (χ3v) is 25.1. The molecular weight excluding hydrogens is 1270 g/mol. The van der Waals surface area contributed by atoms with Crippen molar-refractivity contribution in [3.63, 3.8) is 0 Å². The van der Waals surface area contributed by atoms with E-state index >= 15 is 0 Å². The standard InChI is InChI=1S/C88H169N3O11/c1-31-64(28)79(61(22)23)85(81(63(26)27)66(30)47-91-72(97)40-35-33-32-34-39-71(96)90-43-37-36-38-70(102-50-93)45-68(94)44-67(88(100)101)41-42-73(98)99)87(83(76(55(10)11)56(12)13)77(57(14)15)58(16)17)86(82(74(51(2)3)52(4)5)75(53(6)7)54(8)9)84(78(59(18)19)60(20)21)80(62(24)25)65(29)46-89-48-69(95)49-92/h50-67,69-70,74-87,89,92,95H,31-49H2,1-30H3,(H,90,96)(H,91,97)(H,98,99)(H,100,101)/t64-,65+,66-,67?,69?,70?,79+,80-,81+,84+,85-,86?,87?/m1/s1. The normalized spacial score (nSPS) is 16.8. The summed E-state index contributed by atoms with van der Waals surface area (Å²) in [4.78, 5) is 74.1. The number of carboxylic acids is 2. The molecule has 2 amide bonds. The number of aliphatic hydroxyl groups is 2. The van der Waals surface area contributed by atoms with Crippen LogP contribution in [0.1, 0.15) is 298 Å². The molecular formula is C88H169N3O11. The summed E-state index contributed by atoms with van der Waals surface area (Å²) >= 11 is 0. The molecule has 0 bridgehead atoms. The van der Waals surface area contributed by atoms with E-state index in [2.05, 4.69) is 224 Å². The van der Waals surface area contributed by atoms with Gasteiger partial charge in [0.05, 0.1) is 18.6 Å². The second-order valence-electron chi connectivity index (χ2n) is 37.4. The zero-order valence-electron chi connectivity index (χ0n) is 71.7. The zero-order chi connectivity index (χ0) is 78.9. The van der Waals surface area contributed by atoms with Crippen molar-refractivity contribution >= 4 is 36.0 Å². The molecule has 0 rings (SSSR count). The largest absolute Gasteiger partial charge is 0.481 e. The predicted molar refractivity (Wildman–Crippen MR) is 426 cm³/mol. The summed E-state index contributed by atoms with van der Waals surface area (Å²) < 4.78 is 5.14. The Balaban J connectivity index is 8.51. The van der Waals surface area contributed by atoms with E-state index < -0.39 is 35.8 Å². The Morgan fingerprint density at radius 2 is 0.706 bits per heavy atom. The van der Waals surface area contributed by atoms with Gasteiger partial charge in [-0.15, -0.1) is 0 Å². The smallest absolute Gasteiger partial charge is 0.306 e. The van der Waals surface area contributed by atoms with Crippen LogP contribution in [0.15, 0.2) is 0 Å². The summed E-state index contributed by atoms with van der Waals surface area (Å²) in [6.45, 7) is 79.2. The van der Waals surface area contributed by atoms with Gasteiger partial charge in [0.1, 0.15) is 11.9 Å². The van der Waals surface area contributed by atoms with Crippen LogP contribution >= 0.6 is 0 Å². The first-order chi connectivity index (χ1) is 47.4. The molecule has 0 aromatic rings. The molecule has 0 aromatic heterocycles. The topological polar surface area (TPSA) is 229 Å². The van der Waals surface area contributed by atoms with Gasteiger partial charge in [0.15, 0.2) is 0 Å². The number of unbranched alkanes of at least 4 members (excludes halogenated alkanes) is 4. The van der Waals surface area contributed by atoms with Crippen molar-refractivity contribution in [1.29, 1.82) is 0 Å². The van der Waals surface area contributed by atoms with Crippen LogP contribution in [0, 0.1) is 183 Å². The van der Waals surface area contributed by atoms with E-state index in [-0.39, 0.29) is 68.3 Å². The van der Waals surface area contributed by atoms with Gasteiger partial charge < -0.3 is 41.1 Å². The Morgan fingerprint density at radius 3 is 1.04 bits per heavy atom. The van der Waals surface area contributed by atoms with E-state index in [1.165, 1.54) is 0 Å². The maximum Gasteiger partial charge on any atom is 0.306 e. The minimum atomic E-state index is -1.24. The number of ether oxygens (including phenoxy) is 1. The van der Waals surface area contributed by atoms with E-state index in [0.717, 1.165) is 32.2 Å². The summed E-state index contributed by atoms with van der Waals surface area (Å²) in [5, 5.41) is 49.9. The van der Waals surface area contributed by atoms with Crippen LogP contribution in [0.25, 0.3) is 0 Å². The van der Waals surface area contributed by atoms with Crippen LogP contribution in [-0.2, 0) is 33.5 Å². The maximum absolute atomic E-state index is 14.5. The van der Waals surface area contributed by atoms with Crippen LogP contribution in [0.4, 0.5) is 0 Å². The zero-order valence-corrected chi connectivity index (χ0v) is 71.7. The van der Waals surface area contributed by atoms with Crippen LogP contribution in [0.5, 0.6) is 0 Å². The van der Waals surface area contributed by atoms with Crippen molar-refractivity contribution in [2.45, 2.75) is 310 Å². The molecule has 602 valence electrons. The number of nitrogens with one attached hydrogen (secondary N) is 3. The Bertz CT molecular complexity index is 2200. The van der Waals surface area contributed by atoms with E-state index in [1.54, 1.807) is 0 Å². The van der Waals surface area contributed by atoms with Gasteiger partial charge in [-0.3, -0.25) is 28.8 Å². The lowest BCUT2D eigenvalue weighted by Crippen LogP contribution is -2.59. The highest BCUT2D eigenvalue weighted by molar-refractivity contribution is 5.84. The maximum atomic E-state index is 14.5. The Kier molecular flexibility index (Phi) is 49.0. The first-order valence-electron chi connectivity index (χ1n) is 42.0. The molecule has 14 heteroatoms. The lowest BCUT2D eigenvalue weighted by atomic mass is 9.42. The molecule has 14 nitrogen and oxygen atoms in total. The van der Waals surface area contributed by atoms with E-state index in [4.69, 9.17) is 9.84 Å². The summed E-state index contributed by atoms with van der Waals surface area (Å²) in [7, 11) is 0. The first-order valence-corrected chi connectivity index (χ1v) is 42.0. The van der Waals surface area contributed by atoms with Gasteiger partial charge in [-0.25, -0.2) is 0 Å². The first kappa shape index (κ1) is 98.9. The number of carboxylic acid groups (broad SMARTS) is 2. The molecule has 0 aliphatic rings. The van der Waals surface area contributed by atoms with Crippen molar-refractivity contribution in [2.75, 3.05) is 32.8 Å². The van der Waals surface area contributed by atoms with E-state index in [0.29, 0.717) is 218 Å². The third-order valence-electron chi connectivity index (χ3n) is 25.1. The molecule has 7 N–H and O–H groups in total. The van der Waals surface area contributed by atoms with Crippen LogP contribution < -0.4 is 16.0 Å². The molecule has 0 spiro atoms. The van der Waals surface area contributed by atoms with Gasteiger partial charge >= 0.3 is 11.9 Å². The molecule has 0 heterocycles. The summed E-state index contributed by atoms with van der Waals surface area (Å²) in [5.74, 6) is 7.50. The van der Waals surface area contributed by atoms with Gasteiger partial charge in [-0.1, -0.05) is 227 Å². The fourth-order valence-corrected chi connectivity index (χ4v) is 22.1.